The molecular formula is C14H18O2. The summed E-state index contributed by atoms with van der Waals surface area (Å²) in [6, 6.07) is 0. The minimum atomic E-state index is -0.395. The molecule has 0 saturated heterocycles. The molecule has 3 aliphatic carbocycles. The van der Waals surface area contributed by atoms with Crippen LogP contribution >= 0.6 is 0 Å². The third kappa shape index (κ3) is 0.761. The lowest BCUT2D eigenvalue weighted by Gasteiger charge is -2.41. The van der Waals surface area contributed by atoms with Crippen molar-refractivity contribution < 1.29 is 9.59 Å². The Kier molecular flexibility index (Phi) is 1.71. The van der Waals surface area contributed by atoms with Crippen molar-refractivity contribution in [3.8, 4) is 0 Å². The molecule has 2 fully saturated rings. The summed E-state index contributed by atoms with van der Waals surface area (Å²) in [5.41, 5.74) is 0.621. The maximum Gasteiger partial charge on any atom is 0.147 e. The molecule has 2 heteroatoms. The van der Waals surface area contributed by atoms with Gasteiger partial charge in [-0.25, -0.2) is 0 Å². The Morgan fingerprint density at radius 1 is 1.25 bits per heavy atom. The van der Waals surface area contributed by atoms with Crippen LogP contribution in [0.15, 0.2) is 11.6 Å². The number of allylic oxidation sites excluding steroid dienone is 2. The Hall–Kier alpha value is -0.920. The average Bonchev–Trinajstić information content (AvgIpc) is 2.82. The molecule has 0 N–H and O–H groups in total. The van der Waals surface area contributed by atoms with Crippen molar-refractivity contribution in [2.75, 3.05) is 0 Å². The number of rotatable bonds is 1. The Balaban J connectivity index is 2.20. The second-order valence-corrected chi connectivity index (χ2v) is 5.92. The van der Waals surface area contributed by atoms with Crippen LogP contribution in [0, 0.1) is 22.7 Å². The van der Waals surface area contributed by atoms with Gasteiger partial charge in [0.25, 0.3) is 0 Å². The first-order chi connectivity index (χ1) is 7.46. The molecule has 0 aromatic carbocycles. The van der Waals surface area contributed by atoms with Gasteiger partial charge in [-0.15, -0.1) is 0 Å². The van der Waals surface area contributed by atoms with E-state index in [1.54, 1.807) is 0 Å². The van der Waals surface area contributed by atoms with Gasteiger partial charge >= 0.3 is 0 Å². The van der Waals surface area contributed by atoms with Gasteiger partial charge in [0, 0.05) is 10.8 Å². The predicted molar refractivity (Wildman–Crippen MR) is 60.8 cm³/mol. The lowest BCUT2D eigenvalue weighted by Crippen LogP contribution is -2.44. The molecule has 86 valence electrons. The van der Waals surface area contributed by atoms with E-state index in [4.69, 9.17) is 0 Å². The van der Waals surface area contributed by atoms with Crippen molar-refractivity contribution in [2.24, 2.45) is 22.7 Å². The van der Waals surface area contributed by atoms with Crippen LogP contribution in [0.3, 0.4) is 0 Å². The number of carbonyl (C=O) groups is 2. The van der Waals surface area contributed by atoms with E-state index in [0.717, 1.165) is 12.8 Å². The highest BCUT2D eigenvalue weighted by Crippen LogP contribution is 2.69. The van der Waals surface area contributed by atoms with E-state index >= 15 is 0 Å². The molecule has 4 atom stereocenters. The van der Waals surface area contributed by atoms with Crippen LogP contribution in [0.5, 0.6) is 0 Å². The Bertz CT molecular complexity index is 434. The highest BCUT2D eigenvalue weighted by atomic mass is 16.2. The summed E-state index contributed by atoms with van der Waals surface area (Å²) in [5, 5.41) is 0. The first kappa shape index (κ1) is 10.2. The number of fused-ring (bicyclic) bond motifs is 5. The fourth-order valence-electron chi connectivity index (χ4n) is 4.46. The second-order valence-electron chi connectivity index (χ2n) is 5.92. The van der Waals surface area contributed by atoms with Crippen LogP contribution in [0.4, 0.5) is 0 Å². The summed E-state index contributed by atoms with van der Waals surface area (Å²) in [4.78, 5) is 24.3. The van der Waals surface area contributed by atoms with Crippen LogP contribution in [0.1, 0.15) is 40.0 Å². The van der Waals surface area contributed by atoms with Gasteiger partial charge < -0.3 is 0 Å². The molecule has 0 amide bonds. The summed E-state index contributed by atoms with van der Waals surface area (Å²) >= 11 is 0. The van der Waals surface area contributed by atoms with Crippen molar-refractivity contribution in [3.63, 3.8) is 0 Å². The lowest BCUT2D eigenvalue weighted by atomic mass is 9.59. The van der Waals surface area contributed by atoms with Gasteiger partial charge in [0.05, 0.1) is 6.42 Å². The lowest BCUT2D eigenvalue weighted by molar-refractivity contribution is -0.133. The Morgan fingerprint density at radius 2 is 1.88 bits per heavy atom. The zero-order valence-corrected chi connectivity index (χ0v) is 10.2. The van der Waals surface area contributed by atoms with Gasteiger partial charge in [-0.3, -0.25) is 9.59 Å². The minimum Gasteiger partial charge on any atom is -0.299 e. The maximum absolute atomic E-state index is 12.2. The van der Waals surface area contributed by atoms with Crippen LogP contribution in [0.25, 0.3) is 0 Å². The van der Waals surface area contributed by atoms with Crippen molar-refractivity contribution in [3.05, 3.63) is 11.6 Å². The molecule has 0 aromatic rings. The van der Waals surface area contributed by atoms with E-state index in [-0.39, 0.29) is 18.0 Å². The van der Waals surface area contributed by atoms with Crippen LogP contribution in [-0.4, -0.2) is 11.6 Å². The number of hydrogen-bond donors (Lipinski definition) is 0. The Morgan fingerprint density at radius 3 is 2.50 bits per heavy atom. The minimum absolute atomic E-state index is 0.171. The standard InChI is InChI=1S/C14H18O2/c1-4-8-5-9-6-10(8)14(3)12(16)7-11(15)13(9,14)2/h5,9-10H,4,6-7H2,1-3H3. The van der Waals surface area contributed by atoms with E-state index in [1.807, 2.05) is 13.8 Å². The van der Waals surface area contributed by atoms with Gasteiger partial charge in [0.2, 0.25) is 0 Å². The molecule has 3 aliphatic rings. The summed E-state index contributed by atoms with van der Waals surface area (Å²) in [5.74, 6) is 1.02. The van der Waals surface area contributed by atoms with Crippen LogP contribution in [-0.2, 0) is 9.59 Å². The summed E-state index contributed by atoms with van der Waals surface area (Å²) in [6.45, 7) is 6.20. The van der Waals surface area contributed by atoms with Crippen molar-refractivity contribution in [1.82, 2.24) is 0 Å². The summed E-state index contributed by atoms with van der Waals surface area (Å²) in [6.07, 6.45) is 4.50. The molecule has 0 aliphatic heterocycles. The van der Waals surface area contributed by atoms with Crippen molar-refractivity contribution >= 4 is 11.6 Å². The molecule has 3 rings (SSSR count). The topological polar surface area (TPSA) is 34.1 Å². The molecule has 2 saturated carbocycles. The van der Waals surface area contributed by atoms with E-state index in [2.05, 4.69) is 13.0 Å². The van der Waals surface area contributed by atoms with Gasteiger partial charge in [-0.05, 0) is 24.7 Å². The van der Waals surface area contributed by atoms with Crippen molar-refractivity contribution in [2.45, 2.75) is 40.0 Å². The normalized spacial score (nSPS) is 49.8. The molecule has 0 heterocycles. The second kappa shape index (κ2) is 2.66. The number of hydrogen-bond acceptors (Lipinski definition) is 2. The van der Waals surface area contributed by atoms with Crippen LogP contribution in [0.2, 0.25) is 0 Å². The monoisotopic (exact) mass is 218 g/mol. The first-order valence-electron chi connectivity index (χ1n) is 6.23. The number of carbonyl (C=O) groups excluding carboxylic acids is 2. The SMILES string of the molecule is CCC1=CC2CC1C1(C)C(=O)CC(=O)C21C. The molecule has 2 nitrogen and oxygen atoms in total. The highest BCUT2D eigenvalue weighted by Gasteiger charge is 2.72. The van der Waals surface area contributed by atoms with Crippen molar-refractivity contribution in [1.29, 1.82) is 0 Å². The molecule has 4 unspecified atom stereocenters. The molecule has 0 aromatic heterocycles. The van der Waals surface area contributed by atoms with Gasteiger partial charge in [0.1, 0.15) is 11.6 Å². The van der Waals surface area contributed by atoms with Gasteiger partial charge in [-0.2, -0.15) is 0 Å². The summed E-state index contributed by atoms with van der Waals surface area (Å²) in [7, 11) is 0. The average molecular weight is 218 g/mol. The quantitative estimate of drug-likeness (QED) is 0.500. The van der Waals surface area contributed by atoms with E-state index < -0.39 is 10.8 Å². The third-order valence-electron chi connectivity index (χ3n) is 5.76. The molecule has 0 radical (unpaired) electrons. The fraction of sp³-hybridized carbons (Fsp3) is 0.714. The highest BCUT2D eigenvalue weighted by molar-refractivity contribution is 6.14. The smallest absolute Gasteiger partial charge is 0.147 e. The number of Topliss-reactive ketones (excluding diaryl/α,β-unsaturated/α-hetero) is 2. The van der Waals surface area contributed by atoms with E-state index in [1.165, 1.54) is 5.57 Å². The Labute approximate surface area is 96.1 Å². The zero-order valence-electron chi connectivity index (χ0n) is 10.2. The fourth-order valence-corrected chi connectivity index (χ4v) is 4.46. The number of ketones is 2. The zero-order chi connectivity index (χ0) is 11.7. The van der Waals surface area contributed by atoms with E-state index in [9.17, 15) is 9.59 Å². The molecule has 2 bridgehead atoms. The first-order valence-corrected chi connectivity index (χ1v) is 6.23. The maximum atomic E-state index is 12.2. The molecular weight excluding hydrogens is 200 g/mol. The molecule has 0 spiro atoms. The molecule has 16 heavy (non-hydrogen) atoms. The predicted octanol–water partition coefficient (Wildman–Crippen LogP) is 2.53. The van der Waals surface area contributed by atoms with Gasteiger partial charge in [-0.1, -0.05) is 32.4 Å². The van der Waals surface area contributed by atoms with E-state index in [0.29, 0.717) is 11.8 Å². The van der Waals surface area contributed by atoms with Crippen LogP contribution < -0.4 is 0 Å². The summed E-state index contributed by atoms with van der Waals surface area (Å²) < 4.78 is 0. The van der Waals surface area contributed by atoms with Gasteiger partial charge in [0.15, 0.2) is 0 Å². The largest absolute Gasteiger partial charge is 0.299 e. The third-order valence-corrected chi connectivity index (χ3v) is 5.76.